The number of hydrogen-bond donors (Lipinski definition) is 1. The maximum atomic E-state index is 11.5. The fourth-order valence-corrected chi connectivity index (χ4v) is 2.76. The normalized spacial score (nSPS) is 11.6. The number of pyridine rings is 1. The zero-order valence-corrected chi connectivity index (χ0v) is 11.6. The predicted molar refractivity (Wildman–Crippen MR) is 76.4 cm³/mol. The number of carbonyl (C=O) groups is 1. The van der Waals surface area contributed by atoms with Gasteiger partial charge in [-0.25, -0.2) is 4.98 Å². The molecule has 5 heteroatoms. The first kappa shape index (κ1) is 14.1. The Kier molecular flexibility index (Phi) is 4.38. The summed E-state index contributed by atoms with van der Waals surface area (Å²) in [6.07, 6.45) is 0. The van der Waals surface area contributed by atoms with Crippen molar-refractivity contribution in [3.8, 4) is 6.07 Å². The van der Waals surface area contributed by atoms with Gasteiger partial charge in [0.25, 0.3) is 0 Å². The van der Waals surface area contributed by atoms with E-state index < -0.39 is 11.2 Å². The molecule has 0 saturated heterocycles. The lowest BCUT2D eigenvalue weighted by Gasteiger charge is -2.12. The average molecular weight is 284 g/mol. The van der Waals surface area contributed by atoms with Crippen molar-refractivity contribution in [1.82, 2.24) is 4.98 Å². The number of carboxylic acid groups (broad SMARTS) is 1. The van der Waals surface area contributed by atoms with Crippen LogP contribution in [0.1, 0.15) is 22.1 Å². The molecule has 0 unspecified atom stereocenters. The molecule has 0 bridgehead atoms. The quantitative estimate of drug-likeness (QED) is 0.873. The third kappa shape index (κ3) is 3.16. The van der Waals surface area contributed by atoms with Crippen LogP contribution in [-0.2, 0) is 4.79 Å². The minimum absolute atomic E-state index is 0.391. The van der Waals surface area contributed by atoms with Crippen LogP contribution in [0.2, 0.25) is 0 Å². The molecular weight excluding hydrogens is 272 g/mol. The van der Waals surface area contributed by atoms with E-state index >= 15 is 0 Å². The molecule has 4 nitrogen and oxygen atoms in total. The molecule has 0 saturated carbocycles. The van der Waals surface area contributed by atoms with E-state index in [-0.39, 0.29) is 0 Å². The van der Waals surface area contributed by atoms with Gasteiger partial charge in [0.2, 0.25) is 0 Å². The topological polar surface area (TPSA) is 74.0 Å². The zero-order chi connectivity index (χ0) is 14.5. The van der Waals surface area contributed by atoms with Crippen molar-refractivity contribution in [1.29, 1.82) is 5.26 Å². The Morgan fingerprint density at radius 3 is 2.60 bits per heavy atom. The van der Waals surface area contributed by atoms with Crippen molar-refractivity contribution in [3.05, 3.63) is 59.3 Å². The van der Waals surface area contributed by atoms with E-state index in [2.05, 4.69) is 4.98 Å². The van der Waals surface area contributed by atoms with Gasteiger partial charge in [-0.1, -0.05) is 42.1 Å². The fourth-order valence-electron chi connectivity index (χ4n) is 1.71. The minimum Gasteiger partial charge on any atom is -0.480 e. The highest BCUT2D eigenvalue weighted by molar-refractivity contribution is 8.00. The Morgan fingerprint density at radius 1 is 1.30 bits per heavy atom. The molecule has 0 aliphatic rings. The van der Waals surface area contributed by atoms with Crippen molar-refractivity contribution < 1.29 is 9.90 Å². The van der Waals surface area contributed by atoms with Crippen LogP contribution in [0, 0.1) is 18.3 Å². The summed E-state index contributed by atoms with van der Waals surface area (Å²) in [7, 11) is 0. The number of aliphatic carboxylic acids is 1. The van der Waals surface area contributed by atoms with Crippen LogP contribution in [0.3, 0.4) is 0 Å². The number of nitriles is 1. The highest BCUT2D eigenvalue weighted by atomic mass is 32.2. The van der Waals surface area contributed by atoms with E-state index in [1.165, 1.54) is 0 Å². The summed E-state index contributed by atoms with van der Waals surface area (Å²) in [5.74, 6) is -0.951. The summed E-state index contributed by atoms with van der Waals surface area (Å²) in [6, 6.07) is 14.4. The molecule has 1 N–H and O–H groups in total. The third-order valence-electron chi connectivity index (χ3n) is 2.68. The Labute approximate surface area is 121 Å². The van der Waals surface area contributed by atoms with Crippen LogP contribution < -0.4 is 0 Å². The first-order valence-electron chi connectivity index (χ1n) is 5.94. The van der Waals surface area contributed by atoms with E-state index in [4.69, 9.17) is 5.26 Å². The molecule has 1 aromatic carbocycles. The SMILES string of the molecule is Cc1ccc(C#N)c(S[C@H](C(=O)O)c2ccccc2)n1. The van der Waals surface area contributed by atoms with Crippen molar-refractivity contribution in [3.63, 3.8) is 0 Å². The number of rotatable bonds is 4. The molecule has 1 atom stereocenters. The molecule has 2 aromatic rings. The Bertz CT molecular complexity index is 665. The van der Waals surface area contributed by atoms with Gasteiger partial charge in [-0.2, -0.15) is 5.26 Å². The van der Waals surface area contributed by atoms with Crippen LogP contribution >= 0.6 is 11.8 Å². The number of carboxylic acids is 1. The summed E-state index contributed by atoms with van der Waals surface area (Å²) in [4.78, 5) is 15.7. The van der Waals surface area contributed by atoms with Gasteiger partial charge in [0.05, 0.1) is 5.56 Å². The molecule has 0 aliphatic carbocycles. The van der Waals surface area contributed by atoms with Gasteiger partial charge in [-0.3, -0.25) is 4.79 Å². The smallest absolute Gasteiger partial charge is 0.321 e. The predicted octanol–water partition coefficient (Wildman–Crippen LogP) is 3.18. The summed E-state index contributed by atoms with van der Waals surface area (Å²) < 4.78 is 0. The Hall–Kier alpha value is -2.32. The second-order valence-electron chi connectivity index (χ2n) is 4.16. The maximum Gasteiger partial charge on any atom is 0.321 e. The summed E-state index contributed by atoms with van der Waals surface area (Å²) in [6.45, 7) is 1.81. The van der Waals surface area contributed by atoms with Gasteiger partial charge in [0.1, 0.15) is 16.3 Å². The molecule has 2 rings (SSSR count). The van der Waals surface area contributed by atoms with E-state index in [1.54, 1.807) is 36.4 Å². The standard InChI is InChI=1S/C15H12N2O2S/c1-10-7-8-12(9-16)14(17-10)20-13(15(18)19)11-5-3-2-4-6-11/h2-8,13H,1H3,(H,18,19)/t13-/m0/s1. The number of aromatic nitrogens is 1. The number of hydrogen-bond acceptors (Lipinski definition) is 4. The van der Waals surface area contributed by atoms with E-state index in [0.717, 1.165) is 17.5 Å². The van der Waals surface area contributed by atoms with Crippen molar-refractivity contribution in [2.75, 3.05) is 0 Å². The number of aryl methyl sites for hydroxylation is 1. The van der Waals surface area contributed by atoms with Gasteiger partial charge in [0, 0.05) is 5.69 Å². The van der Waals surface area contributed by atoms with Gasteiger partial charge in [-0.15, -0.1) is 0 Å². The molecule has 0 fully saturated rings. The maximum absolute atomic E-state index is 11.5. The second kappa shape index (κ2) is 6.22. The molecule has 0 amide bonds. The summed E-state index contributed by atoms with van der Waals surface area (Å²) >= 11 is 1.08. The number of thioether (sulfide) groups is 1. The third-order valence-corrected chi connectivity index (χ3v) is 3.92. The van der Waals surface area contributed by atoms with Crippen LogP contribution in [0.4, 0.5) is 0 Å². The summed E-state index contributed by atoms with van der Waals surface area (Å²) in [5.41, 5.74) is 1.82. The van der Waals surface area contributed by atoms with Crippen molar-refractivity contribution in [2.45, 2.75) is 17.2 Å². The highest BCUT2D eigenvalue weighted by Crippen LogP contribution is 2.36. The Balaban J connectivity index is 2.37. The van der Waals surface area contributed by atoms with Crippen molar-refractivity contribution >= 4 is 17.7 Å². The van der Waals surface area contributed by atoms with E-state index in [9.17, 15) is 9.90 Å². The van der Waals surface area contributed by atoms with Crippen molar-refractivity contribution in [2.24, 2.45) is 0 Å². The average Bonchev–Trinajstić information content (AvgIpc) is 2.45. The molecule has 1 heterocycles. The molecule has 0 spiro atoms. The largest absolute Gasteiger partial charge is 0.480 e. The lowest BCUT2D eigenvalue weighted by Crippen LogP contribution is -2.08. The molecule has 0 radical (unpaired) electrons. The van der Waals surface area contributed by atoms with Crippen LogP contribution in [-0.4, -0.2) is 16.1 Å². The lowest BCUT2D eigenvalue weighted by atomic mass is 10.1. The first-order valence-corrected chi connectivity index (χ1v) is 6.82. The number of benzene rings is 1. The fraction of sp³-hybridized carbons (Fsp3) is 0.133. The van der Waals surface area contributed by atoms with Crippen LogP contribution in [0.15, 0.2) is 47.5 Å². The van der Waals surface area contributed by atoms with Crippen LogP contribution in [0.25, 0.3) is 0 Å². The first-order chi connectivity index (χ1) is 9.61. The van der Waals surface area contributed by atoms with E-state index in [1.807, 2.05) is 19.1 Å². The van der Waals surface area contributed by atoms with Gasteiger partial charge >= 0.3 is 5.97 Å². The second-order valence-corrected chi connectivity index (χ2v) is 5.26. The lowest BCUT2D eigenvalue weighted by molar-refractivity contribution is -0.136. The van der Waals surface area contributed by atoms with E-state index in [0.29, 0.717) is 16.2 Å². The molecular formula is C15H12N2O2S. The number of nitrogens with zero attached hydrogens (tertiary/aromatic N) is 2. The molecule has 100 valence electrons. The Morgan fingerprint density at radius 2 is 2.00 bits per heavy atom. The monoisotopic (exact) mass is 284 g/mol. The highest BCUT2D eigenvalue weighted by Gasteiger charge is 2.23. The summed E-state index contributed by atoms with van der Waals surface area (Å²) in [5, 5.41) is 18.1. The molecule has 20 heavy (non-hydrogen) atoms. The van der Waals surface area contributed by atoms with Gasteiger partial charge < -0.3 is 5.11 Å². The van der Waals surface area contributed by atoms with Crippen LogP contribution in [0.5, 0.6) is 0 Å². The minimum atomic E-state index is -0.951. The zero-order valence-electron chi connectivity index (χ0n) is 10.8. The van der Waals surface area contributed by atoms with Gasteiger partial charge in [0.15, 0.2) is 0 Å². The van der Waals surface area contributed by atoms with Gasteiger partial charge in [-0.05, 0) is 24.6 Å². The molecule has 0 aliphatic heterocycles. The molecule has 1 aromatic heterocycles.